The Morgan fingerprint density at radius 3 is 1.12 bits per heavy atom. The molecule has 0 spiro atoms. The smallest absolute Gasteiger partial charge is 0.0465 e. The minimum Gasteiger partial charge on any atom is -0.310 e. The van der Waals surface area contributed by atoms with Crippen LogP contribution in [0.2, 0.25) is 0 Å². The summed E-state index contributed by atoms with van der Waals surface area (Å²) in [6, 6.07) is 79.8. The molecule has 0 aliphatic heterocycles. The maximum atomic E-state index is 2.42. The van der Waals surface area contributed by atoms with Crippen molar-refractivity contribution in [2.75, 3.05) is 4.90 Å². The molecule has 0 saturated heterocycles. The van der Waals surface area contributed by atoms with Gasteiger partial charge in [-0.1, -0.05) is 190 Å². The van der Waals surface area contributed by atoms with Crippen LogP contribution < -0.4 is 4.90 Å². The summed E-state index contributed by atoms with van der Waals surface area (Å²) in [5, 5.41) is 0. The molecule has 0 fully saturated rings. The summed E-state index contributed by atoms with van der Waals surface area (Å²) in [4.78, 5) is 2.40. The summed E-state index contributed by atoms with van der Waals surface area (Å²) in [6.45, 7) is 6.92. The third kappa shape index (κ3) is 6.85. The summed E-state index contributed by atoms with van der Waals surface area (Å²) >= 11 is 0. The van der Waals surface area contributed by atoms with Crippen LogP contribution in [0, 0.1) is 6.92 Å². The van der Waals surface area contributed by atoms with Crippen LogP contribution >= 0.6 is 0 Å². The van der Waals surface area contributed by atoms with Crippen LogP contribution in [0.3, 0.4) is 0 Å². The van der Waals surface area contributed by atoms with Gasteiger partial charge in [0.1, 0.15) is 0 Å². The van der Waals surface area contributed by atoms with Crippen molar-refractivity contribution in [3.63, 3.8) is 0 Å². The van der Waals surface area contributed by atoms with Gasteiger partial charge in [0.05, 0.1) is 0 Å². The molecule has 0 unspecified atom stereocenters. The van der Waals surface area contributed by atoms with E-state index in [1.807, 2.05) is 0 Å². The molecular formula is C58H45N. The molecule has 1 nitrogen and oxygen atoms in total. The Morgan fingerprint density at radius 1 is 0.288 bits per heavy atom. The van der Waals surface area contributed by atoms with Crippen molar-refractivity contribution < 1.29 is 0 Å². The first kappa shape index (κ1) is 36.1. The van der Waals surface area contributed by atoms with Crippen molar-refractivity contribution in [3.8, 4) is 66.8 Å². The molecular weight excluding hydrogens is 711 g/mol. The lowest BCUT2D eigenvalue weighted by atomic mass is 9.81. The summed E-state index contributed by atoms with van der Waals surface area (Å²) in [7, 11) is 0. The lowest BCUT2D eigenvalue weighted by Crippen LogP contribution is -2.16. The van der Waals surface area contributed by atoms with Crippen molar-refractivity contribution in [1.29, 1.82) is 0 Å². The fraction of sp³-hybridized carbons (Fsp3) is 0.0690. The van der Waals surface area contributed by atoms with E-state index in [4.69, 9.17) is 0 Å². The molecule has 0 N–H and O–H groups in total. The van der Waals surface area contributed by atoms with Gasteiger partial charge in [-0.2, -0.15) is 0 Å². The van der Waals surface area contributed by atoms with E-state index in [1.54, 1.807) is 0 Å². The van der Waals surface area contributed by atoms with E-state index < -0.39 is 0 Å². The number of anilines is 3. The molecule has 0 saturated carbocycles. The van der Waals surface area contributed by atoms with Crippen molar-refractivity contribution in [3.05, 3.63) is 235 Å². The van der Waals surface area contributed by atoms with Crippen LogP contribution in [0.4, 0.5) is 17.1 Å². The van der Waals surface area contributed by atoms with Gasteiger partial charge in [0.25, 0.3) is 0 Å². The van der Waals surface area contributed by atoms with Gasteiger partial charge >= 0.3 is 0 Å². The Morgan fingerprint density at radius 2 is 0.644 bits per heavy atom. The van der Waals surface area contributed by atoms with Crippen molar-refractivity contribution >= 4 is 17.1 Å². The topological polar surface area (TPSA) is 3.24 Å². The van der Waals surface area contributed by atoms with E-state index in [9.17, 15) is 0 Å². The normalized spacial score (nSPS) is 12.5. The predicted octanol–water partition coefficient (Wildman–Crippen LogP) is 16.1. The summed E-state index contributed by atoms with van der Waals surface area (Å²) in [5.41, 5.74) is 22.1. The molecule has 0 amide bonds. The predicted molar refractivity (Wildman–Crippen MR) is 251 cm³/mol. The molecule has 9 aromatic rings. The van der Waals surface area contributed by atoms with Crippen LogP contribution in [-0.2, 0) is 5.41 Å². The number of hydrogen-bond donors (Lipinski definition) is 0. The Labute approximate surface area is 348 Å². The average Bonchev–Trinajstić information content (AvgIpc) is 3.52. The molecule has 0 atom stereocenters. The van der Waals surface area contributed by atoms with Gasteiger partial charge in [0.15, 0.2) is 0 Å². The highest BCUT2D eigenvalue weighted by atomic mass is 15.1. The van der Waals surface area contributed by atoms with E-state index in [0.717, 1.165) is 17.1 Å². The van der Waals surface area contributed by atoms with Gasteiger partial charge in [-0.15, -0.1) is 0 Å². The largest absolute Gasteiger partial charge is 0.310 e. The van der Waals surface area contributed by atoms with Crippen LogP contribution in [0.5, 0.6) is 0 Å². The van der Waals surface area contributed by atoms with Crippen LogP contribution in [0.15, 0.2) is 218 Å². The Kier molecular flexibility index (Phi) is 9.15. The van der Waals surface area contributed by atoms with Gasteiger partial charge in [0, 0.05) is 22.5 Å². The zero-order chi connectivity index (χ0) is 39.9. The number of rotatable bonds is 8. The van der Waals surface area contributed by atoms with E-state index >= 15 is 0 Å². The van der Waals surface area contributed by atoms with Crippen LogP contribution in [0.1, 0.15) is 30.5 Å². The SMILES string of the molecule is Cc1cccc(N(c2ccc(-c3ccc(-c4ccccc4)cc3)cc2)c2ccc3c(c2)C(C)(C)c2cc(-c4ccc(-c5ccc(-c6ccccc6)cc5)cc4)ccc2-3)c1. The first-order valence-electron chi connectivity index (χ1n) is 20.6. The van der Waals surface area contributed by atoms with E-state index in [2.05, 4.69) is 244 Å². The molecule has 0 radical (unpaired) electrons. The Hall–Kier alpha value is -7.22. The average molecular weight is 756 g/mol. The second-order valence-electron chi connectivity index (χ2n) is 16.3. The Bertz CT molecular complexity index is 2900. The highest BCUT2D eigenvalue weighted by Gasteiger charge is 2.36. The van der Waals surface area contributed by atoms with Crippen LogP contribution in [-0.4, -0.2) is 0 Å². The summed E-state index contributed by atoms with van der Waals surface area (Å²) < 4.78 is 0. The zero-order valence-corrected chi connectivity index (χ0v) is 33.7. The van der Waals surface area contributed by atoms with Gasteiger partial charge in [0.2, 0.25) is 0 Å². The van der Waals surface area contributed by atoms with Gasteiger partial charge in [-0.3, -0.25) is 0 Å². The van der Waals surface area contributed by atoms with Crippen molar-refractivity contribution in [2.45, 2.75) is 26.2 Å². The maximum Gasteiger partial charge on any atom is 0.0465 e. The third-order valence-electron chi connectivity index (χ3n) is 12.2. The second kappa shape index (κ2) is 14.9. The van der Waals surface area contributed by atoms with Gasteiger partial charge in [-0.25, -0.2) is 0 Å². The molecule has 1 aliphatic carbocycles. The van der Waals surface area contributed by atoms with Gasteiger partial charge in [-0.05, 0) is 133 Å². The van der Waals surface area contributed by atoms with Crippen molar-refractivity contribution in [1.82, 2.24) is 0 Å². The number of hydrogen-bond acceptors (Lipinski definition) is 1. The van der Waals surface area contributed by atoms with Crippen LogP contribution in [0.25, 0.3) is 66.8 Å². The highest BCUT2D eigenvalue weighted by molar-refractivity contribution is 5.88. The van der Waals surface area contributed by atoms with E-state index in [-0.39, 0.29) is 5.41 Å². The monoisotopic (exact) mass is 755 g/mol. The fourth-order valence-corrected chi connectivity index (χ4v) is 8.89. The molecule has 9 aromatic carbocycles. The molecule has 0 aromatic heterocycles. The molecule has 0 heterocycles. The molecule has 10 rings (SSSR count). The minimum atomic E-state index is -0.175. The maximum absolute atomic E-state index is 2.42. The summed E-state index contributed by atoms with van der Waals surface area (Å²) in [6.07, 6.45) is 0. The van der Waals surface area contributed by atoms with E-state index in [1.165, 1.54) is 83.5 Å². The minimum absolute atomic E-state index is 0.175. The quantitative estimate of drug-likeness (QED) is 0.149. The van der Waals surface area contributed by atoms with Crippen molar-refractivity contribution in [2.24, 2.45) is 0 Å². The first-order valence-corrected chi connectivity index (χ1v) is 20.6. The first-order chi connectivity index (χ1) is 28.9. The lowest BCUT2D eigenvalue weighted by Gasteiger charge is -2.28. The highest BCUT2D eigenvalue weighted by Crippen LogP contribution is 2.51. The number of fused-ring (bicyclic) bond motifs is 3. The van der Waals surface area contributed by atoms with E-state index in [0.29, 0.717) is 0 Å². The fourth-order valence-electron chi connectivity index (χ4n) is 8.89. The standard InChI is InChI=1S/C58H45N/c1-40-11-10-16-52(37-40)59(51-32-29-48(30-33-51)47-23-19-44(20-24-47)42-14-8-5-9-15-42)53-34-36-55-54-35-31-50(38-56(54)58(2,3)57(55)39-53)49-27-25-46(26-28-49)45-21-17-43(18-22-45)41-12-6-4-7-13-41/h4-39H,1-3H3. The number of benzene rings is 9. The molecule has 282 valence electrons. The summed E-state index contributed by atoms with van der Waals surface area (Å²) in [5.74, 6) is 0. The number of nitrogens with zero attached hydrogens (tertiary/aromatic N) is 1. The second-order valence-corrected chi connectivity index (χ2v) is 16.3. The van der Waals surface area contributed by atoms with Gasteiger partial charge < -0.3 is 4.90 Å². The zero-order valence-electron chi connectivity index (χ0n) is 33.7. The Balaban J connectivity index is 0.936. The number of aryl methyl sites for hydroxylation is 1. The molecule has 0 bridgehead atoms. The molecule has 1 heteroatoms. The third-order valence-corrected chi connectivity index (χ3v) is 12.2. The molecule has 1 aliphatic rings. The lowest BCUT2D eigenvalue weighted by molar-refractivity contribution is 0.660. The molecule has 59 heavy (non-hydrogen) atoms.